The van der Waals surface area contributed by atoms with Crippen molar-refractivity contribution in [2.24, 2.45) is 0 Å². The van der Waals surface area contributed by atoms with Gasteiger partial charge in [0.2, 0.25) is 0 Å². The highest BCUT2D eigenvalue weighted by molar-refractivity contribution is 6.34. The van der Waals surface area contributed by atoms with Gasteiger partial charge in [0.05, 0.1) is 34.7 Å². The van der Waals surface area contributed by atoms with Gasteiger partial charge in [-0.3, -0.25) is 24.5 Å². The Morgan fingerprint density at radius 3 is 2.48 bits per heavy atom. The summed E-state index contributed by atoms with van der Waals surface area (Å²) in [4.78, 5) is 46.9. The van der Waals surface area contributed by atoms with Crippen molar-refractivity contribution in [3.05, 3.63) is 62.7 Å². The summed E-state index contributed by atoms with van der Waals surface area (Å²) in [6, 6.07) is 8.72. The number of Topliss-reactive ketones (excluding diaryl/α,β-unsaturated/α-hetero) is 1. The molecule has 0 aliphatic rings. The number of non-ortho nitro benzene ring substituents is 1. The van der Waals surface area contributed by atoms with Gasteiger partial charge in [-0.25, -0.2) is 0 Å². The molecule has 0 heterocycles. The summed E-state index contributed by atoms with van der Waals surface area (Å²) in [7, 11) is 1.45. The fraction of sp³-hybridized carbons (Fsp3) is 0.286. The summed E-state index contributed by atoms with van der Waals surface area (Å²) in [5.41, 5.74) is 1.16. The Morgan fingerprint density at radius 1 is 1.16 bits per heavy atom. The predicted octanol–water partition coefficient (Wildman–Crippen LogP) is 4.10. The van der Waals surface area contributed by atoms with E-state index in [0.717, 1.165) is 11.6 Å². The maximum atomic E-state index is 12.4. The molecular formula is C21H21ClN2O7. The number of nitrogens with zero attached hydrogens (tertiary/aromatic N) is 1. The van der Waals surface area contributed by atoms with E-state index in [4.69, 9.17) is 21.1 Å². The lowest BCUT2D eigenvalue weighted by Crippen LogP contribution is -2.30. The fourth-order valence-corrected chi connectivity index (χ4v) is 2.87. The molecule has 0 fully saturated rings. The summed E-state index contributed by atoms with van der Waals surface area (Å²) < 4.78 is 10.2. The number of esters is 1. The van der Waals surface area contributed by atoms with Crippen molar-refractivity contribution in [1.82, 2.24) is 0 Å². The van der Waals surface area contributed by atoms with Crippen LogP contribution in [0.25, 0.3) is 0 Å². The number of nitro benzene ring substituents is 1. The Labute approximate surface area is 183 Å². The molecule has 0 aliphatic heterocycles. The van der Waals surface area contributed by atoms with Crippen LogP contribution in [0.15, 0.2) is 36.4 Å². The zero-order valence-electron chi connectivity index (χ0n) is 17.1. The van der Waals surface area contributed by atoms with Gasteiger partial charge >= 0.3 is 5.97 Å². The van der Waals surface area contributed by atoms with Crippen LogP contribution >= 0.6 is 11.6 Å². The van der Waals surface area contributed by atoms with E-state index in [1.165, 1.54) is 26.2 Å². The maximum absolute atomic E-state index is 12.4. The van der Waals surface area contributed by atoms with Gasteiger partial charge in [-0.2, -0.15) is 0 Å². The number of amides is 1. The van der Waals surface area contributed by atoms with E-state index in [0.29, 0.717) is 11.3 Å². The van der Waals surface area contributed by atoms with Crippen molar-refractivity contribution in [3.63, 3.8) is 0 Å². The molecule has 0 saturated carbocycles. The third-order valence-corrected chi connectivity index (χ3v) is 4.62. The summed E-state index contributed by atoms with van der Waals surface area (Å²) in [5, 5.41) is 13.2. The van der Waals surface area contributed by atoms with Gasteiger partial charge in [0.1, 0.15) is 5.75 Å². The number of aryl methyl sites for hydroxylation is 1. The molecule has 1 atom stereocenters. The van der Waals surface area contributed by atoms with E-state index in [1.54, 1.807) is 18.2 Å². The second kappa shape index (κ2) is 10.5. The molecule has 0 bridgehead atoms. The molecule has 0 aliphatic carbocycles. The van der Waals surface area contributed by atoms with Crippen LogP contribution in [-0.2, 0) is 14.3 Å². The molecule has 0 aromatic heterocycles. The standard InChI is InChI=1S/C21H21ClN2O7/c1-12-4-8-19(30-3)15(10-12)18(25)7-9-20(26)31-13(2)21(27)23-17-6-5-14(24(28)29)11-16(17)22/h4-6,8,10-11,13H,7,9H2,1-3H3,(H,23,27). The number of methoxy groups -OCH3 is 1. The fourth-order valence-electron chi connectivity index (χ4n) is 2.65. The van der Waals surface area contributed by atoms with Gasteiger partial charge < -0.3 is 14.8 Å². The lowest BCUT2D eigenvalue weighted by atomic mass is 10.0. The van der Waals surface area contributed by atoms with Gasteiger partial charge in [0.25, 0.3) is 11.6 Å². The monoisotopic (exact) mass is 448 g/mol. The van der Waals surface area contributed by atoms with Gasteiger partial charge in [-0.1, -0.05) is 23.2 Å². The molecule has 2 aromatic carbocycles. The normalized spacial score (nSPS) is 11.4. The average Bonchev–Trinajstić information content (AvgIpc) is 2.73. The number of rotatable bonds is 9. The maximum Gasteiger partial charge on any atom is 0.307 e. The highest BCUT2D eigenvalue weighted by Crippen LogP contribution is 2.27. The Bertz CT molecular complexity index is 1020. The first-order valence-electron chi connectivity index (χ1n) is 9.24. The van der Waals surface area contributed by atoms with E-state index in [9.17, 15) is 24.5 Å². The number of anilines is 1. The second-order valence-corrected chi connectivity index (χ2v) is 7.08. The number of hydrogen-bond donors (Lipinski definition) is 1. The molecule has 2 rings (SSSR count). The van der Waals surface area contributed by atoms with E-state index in [1.807, 2.05) is 6.92 Å². The minimum Gasteiger partial charge on any atom is -0.496 e. The Kier molecular flexibility index (Phi) is 8.09. The Hall–Kier alpha value is -3.46. The number of hydrogen-bond acceptors (Lipinski definition) is 7. The summed E-state index contributed by atoms with van der Waals surface area (Å²) in [6.45, 7) is 3.19. The molecule has 1 amide bonds. The number of carbonyl (C=O) groups excluding carboxylic acids is 3. The largest absolute Gasteiger partial charge is 0.496 e. The summed E-state index contributed by atoms with van der Waals surface area (Å²) >= 11 is 5.93. The average molecular weight is 449 g/mol. The molecule has 0 radical (unpaired) electrons. The smallest absolute Gasteiger partial charge is 0.307 e. The molecule has 2 aromatic rings. The molecule has 1 N–H and O–H groups in total. The lowest BCUT2D eigenvalue weighted by Gasteiger charge is -2.14. The molecule has 9 nitrogen and oxygen atoms in total. The van der Waals surface area contributed by atoms with Crippen LogP contribution in [0.5, 0.6) is 5.75 Å². The second-order valence-electron chi connectivity index (χ2n) is 6.67. The van der Waals surface area contributed by atoms with Crippen molar-refractivity contribution in [3.8, 4) is 5.75 Å². The third kappa shape index (κ3) is 6.51. The first-order chi connectivity index (χ1) is 14.6. The quantitative estimate of drug-likeness (QED) is 0.265. The molecule has 0 saturated heterocycles. The molecule has 164 valence electrons. The lowest BCUT2D eigenvalue weighted by molar-refractivity contribution is -0.384. The van der Waals surface area contributed by atoms with Crippen LogP contribution in [-0.4, -0.2) is 35.8 Å². The third-order valence-electron chi connectivity index (χ3n) is 4.31. The predicted molar refractivity (Wildman–Crippen MR) is 114 cm³/mol. The van der Waals surface area contributed by atoms with Gasteiger partial charge in [-0.05, 0) is 32.0 Å². The Balaban J connectivity index is 1.91. The molecule has 0 spiro atoms. The van der Waals surface area contributed by atoms with Gasteiger partial charge in [0.15, 0.2) is 11.9 Å². The highest BCUT2D eigenvalue weighted by atomic mass is 35.5. The molecule has 10 heteroatoms. The van der Waals surface area contributed by atoms with Crippen molar-refractivity contribution in [2.45, 2.75) is 32.8 Å². The number of benzene rings is 2. The zero-order valence-corrected chi connectivity index (χ0v) is 17.9. The summed E-state index contributed by atoms with van der Waals surface area (Å²) in [5.74, 6) is -1.27. The minimum atomic E-state index is -1.16. The van der Waals surface area contributed by atoms with E-state index >= 15 is 0 Å². The van der Waals surface area contributed by atoms with Crippen molar-refractivity contribution in [1.29, 1.82) is 0 Å². The number of ether oxygens (including phenoxy) is 2. The van der Waals surface area contributed by atoms with E-state index in [2.05, 4.69) is 5.32 Å². The number of ketones is 1. The van der Waals surface area contributed by atoms with Crippen LogP contribution < -0.4 is 10.1 Å². The van der Waals surface area contributed by atoms with Crippen molar-refractivity contribution >= 4 is 40.6 Å². The van der Waals surface area contributed by atoms with E-state index < -0.39 is 22.9 Å². The molecule has 1 unspecified atom stereocenters. The first kappa shape index (κ1) is 23.8. The first-order valence-corrected chi connectivity index (χ1v) is 9.62. The minimum absolute atomic E-state index is 0.0289. The number of nitro groups is 1. The molecular weight excluding hydrogens is 428 g/mol. The van der Waals surface area contributed by atoms with Crippen LogP contribution in [0.1, 0.15) is 35.7 Å². The van der Waals surface area contributed by atoms with Crippen LogP contribution in [0.3, 0.4) is 0 Å². The van der Waals surface area contributed by atoms with E-state index in [-0.39, 0.29) is 35.0 Å². The van der Waals surface area contributed by atoms with Gasteiger partial charge in [-0.15, -0.1) is 0 Å². The topological polar surface area (TPSA) is 125 Å². The van der Waals surface area contributed by atoms with Crippen LogP contribution in [0, 0.1) is 17.0 Å². The zero-order chi connectivity index (χ0) is 23.1. The van der Waals surface area contributed by atoms with Gasteiger partial charge in [0, 0.05) is 18.6 Å². The number of nitrogens with one attached hydrogen (secondary N) is 1. The Morgan fingerprint density at radius 2 is 1.87 bits per heavy atom. The number of halogens is 1. The highest BCUT2D eigenvalue weighted by Gasteiger charge is 2.21. The van der Waals surface area contributed by atoms with Crippen molar-refractivity contribution in [2.75, 3.05) is 12.4 Å². The van der Waals surface area contributed by atoms with Crippen LogP contribution in [0.4, 0.5) is 11.4 Å². The number of carbonyl (C=O) groups is 3. The summed E-state index contributed by atoms with van der Waals surface area (Å²) in [6.07, 6.45) is -1.49. The van der Waals surface area contributed by atoms with Crippen molar-refractivity contribution < 1.29 is 28.8 Å². The SMILES string of the molecule is COc1ccc(C)cc1C(=O)CCC(=O)OC(C)C(=O)Nc1ccc([N+](=O)[O-])cc1Cl. The molecule has 31 heavy (non-hydrogen) atoms. The van der Waals surface area contributed by atoms with Crippen LogP contribution in [0.2, 0.25) is 5.02 Å².